The molecule has 0 N–H and O–H groups in total. The minimum absolute atomic E-state index is 0.411. The lowest BCUT2D eigenvalue weighted by Crippen LogP contribution is -2.39. The first-order valence-corrected chi connectivity index (χ1v) is 7.13. The average Bonchev–Trinajstić information content (AvgIpc) is 1.75. The van der Waals surface area contributed by atoms with Gasteiger partial charge in [-0.2, -0.15) is 29.8 Å². The summed E-state index contributed by atoms with van der Waals surface area (Å²) in [6.07, 6.45) is -5.51. The fourth-order valence-corrected chi connectivity index (χ4v) is 1.76. The summed E-state index contributed by atoms with van der Waals surface area (Å²) >= 11 is 0. The minimum Gasteiger partial charge on any atom is -0.258 e. The van der Waals surface area contributed by atoms with Gasteiger partial charge in [-0.15, -0.1) is 0 Å². The van der Waals surface area contributed by atoms with E-state index in [-0.39, 0.29) is 0 Å². The summed E-state index contributed by atoms with van der Waals surface area (Å²) in [6.45, 7) is 0.673. The molecule has 0 bridgehead atoms. The van der Waals surface area contributed by atoms with Crippen molar-refractivity contribution in [2.24, 2.45) is 0 Å². The molecule has 0 aromatic rings. The monoisotopic (exact) mass is 268 g/mol. The maximum absolute atomic E-state index is 12.9. The molecule has 0 heterocycles. The summed E-state index contributed by atoms with van der Waals surface area (Å²) in [6, 6.07) is 0. The van der Waals surface area contributed by atoms with Crippen molar-refractivity contribution in [3.05, 3.63) is 0 Å². The first-order valence-electron chi connectivity index (χ1n) is 3.50. The molecule has 0 aliphatic carbocycles. The fourth-order valence-electron chi connectivity index (χ4n) is 0.588. The van der Waals surface area contributed by atoms with Gasteiger partial charge in [-0.1, -0.05) is 0 Å². The third kappa shape index (κ3) is 6.71. The van der Waals surface area contributed by atoms with E-state index in [1.54, 1.807) is 0 Å². The van der Waals surface area contributed by atoms with Gasteiger partial charge in [0.2, 0.25) is 0 Å². The highest BCUT2D eigenvalue weighted by Gasteiger charge is 2.44. The molecule has 92 valence electrons. The van der Waals surface area contributed by atoms with E-state index in [1.165, 1.54) is 0 Å². The van der Waals surface area contributed by atoms with Crippen LogP contribution in [0.4, 0.5) is 8.78 Å². The summed E-state index contributed by atoms with van der Waals surface area (Å²) in [5, 5.41) is 0. The Morgan fingerprint density at radius 1 is 1.07 bits per heavy atom. The summed E-state index contributed by atoms with van der Waals surface area (Å²) in [5.74, 6) is 0. The molecule has 0 fully saturated rings. The standard InChI is InChI=1S/C5H10F2O6S2/c1-4(12-14(2,8)9)5(6,7)13-15(3,10)11/h4H,1-3H3. The second-order valence-corrected chi connectivity index (χ2v) is 5.97. The van der Waals surface area contributed by atoms with Crippen LogP contribution >= 0.6 is 0 Å². The van der Waals surface area contributed by atoms with Crippen molar-refractivity contribution in [2.75, 3.05) is 12.5 Å². The molecule has 0 spiro atoms. The molecule has 0 saturated heterocycles. The van der Waals surface area contributed by atoms with Crippen LogP contribution in [0.15, 0.2) is 0 Å². The molecular formula is C5H10F2O6S2. The molecule has 0 saturated carbocycles. The van der Waals surface area contributed by atoms with E-state index in [0.29, 0.717) is 19.4 Å². The molecule has 1 unspecified atom stereocenters. The van der Waals surface area contributed by atoms with Crippen LogP contribution in [-0.4, -0.2) is 41.6 Å². The quantitative estimate of drug-likeness (QED) is 0.648. The van der Waals surface area contributed by atoms with Gasteiger partial charge in [0.1, 0.15) is 0 Å². The van der Waals surface area contributed by atoms with E-state index in [1.807, 2.05) is 0 Å². The first kappa shape index (κ1) is 14.7. The highest BCUT2D eigenvalue weighted by Crippen LogP contribution is 2.25. The number of halogens is 2. The van der Waals surface area contributed by atoms with Crippen molar-refractivity contribution in [1.82, 2.24) is 0 Å². The number of rotatable bonds is 5. The molecule has 0 radical (unpaired) electrons. The molecular weight excluding hydrogens is 258 g/mol. The lowest BCUT2D eigenvalue weighted by atomic mass is 10.4. The largest absolute Gasteiger partial charge is 0.396 e. The lowest BCUT2D eigenvalue weighted by Gasteiger charge is -2.20. The molecule has 0 rings (SSSR count). The molecule has 0 aromatic carbocycles. The van der Waals surface area contributed by atoms with Gasteiger partial charge in [-0.3, -0.25) is 4.18 Å². The third-order valence-corrected chi connectivity index (χ3v) is 2.22. The van der Waals surface area contributed by atoms with Gasteiger partial charge in [0.05, 0.1) is 12.5 Å². The molecule has 6 nitrogen and oxygen atoms in total. The molecule has 15 heavy (non-hydrogen) atoms. The van der Waals surface area contributed by atoms with Crippen molar-refractivity contribution in [2.45, 2.75) is 19.1 Å². The Labute approximate surface area is 86.4 Å². The Morgan fingerprint density at radius 2 is 1.47 bits per heavy atom. The molecule has 1 atom stereocenters. The van der Waals surface area contributed by atoms with Gasteiger partial charge in [-0.05, 0) is 6.92 Å². The molecule has 0 aliphatic heterocycles. The van der Waals surface area contributed by atoms with E-state index < -0.39 is 32.4 Å². The Balaban J connectivity index is 4.74. The fraction of sp³-hybridized carbons (Fsp3) is 1.00. The summed E-state index contributed by atoms with van der Waals surface area (Å²) in [5.41, 5.74) is 0. The maximum atomic E-state index is 12.9. The zero-order chi connectivity index (χ0) is 12.5. The van der Waals surface area contributed by atoms with Crippen LogP contribution in [0.25, 0.3) is 0 Å². The summed E-state index contributed by atoms with van der Waals surface area (Å²) in [4.78, 5) is 0. The Kier molecular flexibility index (Phi) is 4.18. The van der Waals surface area contributed by atoms with Gasteiger partial charge >= 0.3 is 6.11 Å². The zero-order valence-corrected chi connectivity index (χ0v) is 9.73. The smallest absolute Gasteiger partial charge is 0.258 e. The normalized spacial score (nSPS) is 16.3. The average molecular weight is 268 g/mol. The van der Waals surface area contributed by atoms with E-state index >= 15 is 0 Å². The van der Waals surface area contributed by atoms with Crippen LogP contribution < -0.4 is 0 Å². The lowest BCUT2D eigenvalue weighted by molar-refractivity contribution is -0.222. The summed E-state index contributed by atoms with van der Waals surface area (Å²) in [7, 11) is -8.52. The van der Waals surface area contributed by atoms with E-state index in [0.717, 1.165) is 0 Å². The van der Waals surface area contributed by atoms with Crippen LogP contribution in [0.5, 0.6) is 0 Å². The van der Waals surface area contributed by atoms with Crippen LogP contribution in [0.2, 0.25) is 0 Å². The van der Waals surface area contributed by atoms with Crippen LogP contribution in [0.1, 0.15) is 6.92 Å². The van der Waals surface area contributed by atoms with Gasteiger partial charge < -0.3 is 0 Å². The van der Waals surface area contributed by atoms with Gasteiger partial charge in [0, 0.05) is 0 Å². The van der Waals surface area contributed by atoms with Crippen molar-refractivity contribution in [1.29, 1.82) is 0 Å². The second-order valence-electron chi connectivity index (χ2n) is 2.79. The zero-order valence-electron chi connectivity index (χ0n) is 8.10. The number of hydrogen-bond donors (Lipinski definition) is 0. The number of alkyl halides is 2. The third-order valence-electron chi connectivity index (χ3n) is 1.05. The second kappa shape index (κ2) is 4.28. The van der Waals surface area contributed by atoms with E-state index in [4.69, 9.17) is 0 Å². The van der Waals surface area contributed by atoms with Crippen molar-refractivity contribution in [3.63, 3.8) is 0 Å². The van der Waals surface area contributed by atoms with Crippen LogP contribution in [0, 0.1) is 0 Å². The highest BCUT2D eigenvalue weighted by atomic mass is 32.2. The predicted octanol–water partition coefficient (Wildman–Crippen LogP) is -0.0799. The maximum Gasteiger partial charge on any atom is 0.396 e. The van der Waals surface area contributed by atoms with Crippen LogP contribution in [-0.2, 0) is 28.6 Å². The van der Waals surface area contributed by atoms with Gasteiger partial charge in [0.25, 0.3) is 20.2 Å². The SMILES string of the molecule is CC(OS(C)(=O)=O)C(F)(F)OS(C)(=O)=O. The van der Waals surface area contributed by atoms with Crippen molar-refractivity contribution >= 4 is 20.2 Å². The Bertz CT molecular complexity index is 411. The van der Waals surface area contributed by atoms with Crippen molar-refractivity contribution in [3.8, 4) is 0 Å². The van der Waals surface area contributed by atoms with Gasteiger partial charge in [0.15, 0.2) is 6.10 Å². The van der Waals surface area contributed by atoms with E-state index in [2.05, 4.69) is 8.37 Å². The molecule has 0 aliphatic rings. The first-order chi connectivity index (χ1) is 6.33. The highest BCUT2D eigenvalue weighted by molar-refractivity contribution is 7.86. The minimum atomic E-state index is -4.41. The van der Waals surface area contributed by atoms with Crippen molar-refractivity contribution < 1.29 is 34.0 Å². The Morgan fingerprint density at radius 3 is 1.73 bits per heavy atom. The predicted molar refractivity (Wildman–Crippen MR) is 46.3 cm³/mol. The summed E-state index contributed by atoms with van der Waals surface area (Å²) < 4.78 is 74.8. The van der Waals surface area contributed by atoms with Crippen LogP contribution in [0.3, 0.4) is 0 Å². The molecule has 0 aromatic heterocycles. The van der Waals surface area contributed by atoms with E-state index in [9.17, 15) is 25.6 Å². The Hall–Kier alpha value is -0.320. The molecule has 0 amide bonds. The molecule has 10 heteroatoms. The number of hydrogen-bond acceptors (Lipinski definition) is 6. The topological polar surface area (TPSA) is 86.7 Å². The van der Waals surface area contributed by atoms with Gasteiger partial charge in [-0.25, -0.2) is 0 Å².